The van der Waals surface area contributed by atoms with Gasteiger partial charge in [-0.15, -0.1) is 0 Å². The maximum absolute atomic E-state index is 15.6. The van der Waals surface area contributed by atoms with Crippen LogP contribution in [0.4, 0.5) is 45.5 Å². The first kappa shape index (κ1) is 59.8. The van der Waals surface area contributed by atoms with Crippen molar-refractivity contribution in [2.24, 2.45) is 0 Å². The van der Waals surface area contributed by atoms with E-state index in [0.29, 0.717) is 22.3 Å². The van der Waals surface area contributed by atoms with Crippen LogP contribution in [-0.2, 0) is 40.5 Å². The first-order valence-electron chi connectivity index (χ1n) is 18.5. The summed E-state index contributed by atoms with van der Waals surface area (Å²) in [7, 11) is -24.8. The van der Waals surface area contributed by atoms with E-state index in [1.807, 2.05) is 0 Å². The number of fused-ring (bicyclic) bond motifs is 2. The standard InChI is InChI=1S/C42H36N4O14S4.4Na/c1-21-5-13-25(14-6-21)43-33-29-30(34(44-26-15-7-22(2)8-16-26)40(62(52,53)54)39(33)61(49,50)51)38(48)32-31(37(29)47)35(45-27-17-9-23(3)10-18-27)41(63(55,56)57)42(64(58,59)60)36(32)46-28-19-11-24(4)12-20-28;;;;/h5-20,43-46H,1-4H3,(H,49,50,51)(H,52,53,54)(H,55,56,57)(H,58,59,60);;;;/q;4*+1/p-4. The van der Waals surface area contributed by atoms with E-state index in [-0.39, 0.29) is 141 Å². The monoisotopic (exact) mass is 1040 g/mol. The summed E-state index contributed by atoms with van der Waals surface area (Å²) in [4.78, 5) is 23.9. The molecule has 0 unspecified atom stereocenters. The first-order chi connectivity index (χ1) is 29.8. The van der Waals surface area contributed by atoms with Crippen molar-refractivity contribution in [1.82, 2.24) is 0 Å². The van der Waals surface area contributed by atoms with E-state index in [4.69, 9.17) is 0 Å². The average molecular weight is 1040 g/mol. The molecule has 332 valence electrons. The van der Waals surface area contributed by atoms with Crippen LogP contribution in [0.15, 0.2) is 117 Å². The second-order valence-corrected chi connectivity index (χ2v) is 20.0. The molecule has 0 saturated carbocycles. The number of nitrogens with one attached hydrogen (secondary N) is 4. The summed E-state index contributed by atoms with van der Waals surface area (Å²) in [5, 5.41) is 9.99. The molecule has 0 saturated heterocycles. The van der Waals surface area contributed by atoms with Gasteiger partial charge in [0.2, 0.25) is 0 Å². The van der Waals surface area contributed by atoms with Gasteiger partial charge in [-0.25, -0.2) is 33.7 Å². The van der Waals surface area contributed by atoms with Crippen LogP contribution in [0.5, 0.6) is 0 Å². The SMILES string of the molecule is Cc1ccc(Nc2c3c(c(Nc4ccc(C)cc4)c(S(=O)(=O)[O-])c2S(=O)(=O)[O-])C(=O)c2c(Nc4ccc(C)cc4)c(S(=O)(=O)[O-])c(S(=O)(=O)[O-])c(Nc4ccc(C)cc4)c2C3=O)cc1.[Na+].[Na+].[Na+].[Na+]. The van der Waals surface area contributed by atoms with Crippen LogP contribution in [-0.4, -0.2) is 63.4 Å². The summed E-state index contributed by atoms with van der Waals surface area (Å²) in [6, 6.07) is 22.2. The van der Waals surface area contributed by atoms with Gasteiger partial charge in [-0.05, 0) is 76.2 Å². The third-order valence-electron chi connectivity index (χ3n) is 10.0. The van der Waals surface area contributed by atoms with Crippen molar-refractivity contribution in [3.8, 4) is 0 Å². The van der Waals surface area contributed by atoms with Crippen molar-refractivity contribution in [2.45, 2.75) is 47.3 Å². The number of carbonyl (C=O) groups is 2. The maximum Gasteiger partial charge on any atom is 1.00 e. The minimum atomic E-state index is -6.21. The van der Waals surface area contributed by atoms with Crippen LogP contribution in [0, 0.1) is 27.7 Å². The molecular weight excluding hydrogens is 1000 g/mol. The van der Waals surface area contributed by atoms with Crippen molar-refractivity contribution < 1.29 is 180 Å². The minimum Gasteiger partial charge on any atom is -0.744 e. The quantitative estimate of drug-likeness (QED) is 0.0655. The van der Waals surface area contributed by atoms with E-state index < -0.39 is 117 Å². The van der Waals surface area contributed by atoms with Crippen LogP contribution in [0.1, 0.15) is 54.1 Å². The van der Waals surface area contributed by atoms with E-state index in [9.17, 15) is 51.9 Å². The van der Waals surface area contributed by atoms with E-state index >= 15 is 9.59 Å². The van der Waals surface area contributed by atoms with Crippen molar-refractivity contribution >= 4 is 97.5 Å². The zero-order valence-electron chi connectivity index (χ0n) is 37.6. The largest absolute Gasteiger partial charge is 1.00 e. The molecule has 26 heteroatoms. The Hall–Kier alpha value is -2.50. The molecule has 18 nitrogen and oxygen atoms in total. The zero-order chi connectivity index (χ0) is 46.8. The molecule has 0 radical (unpaired) electrons. The number of carbonyl (C=O) groups excluding carboxylic acids is 2. The van der Waals surface area contributed by atoms with Gasteiger partial charge in [-0.3, -0.25) is 9.59 Å². The molecule has 0 aromatic heterocycles. The number of hydrogen-bond acceptors (Lipinski definition) is 18. The van der Waals surface area contributed by atoms with Gasteiger partial charge in [-0.2, -0.15) is 0 Å². The van der Waals surface area contributed by atoms with E-state index in [1.165, 1.54) is 97.1 Å². The van der Waals surface area contributed by atoms with Gasteiger partial charge in [0.05, 0.1) is 64.6 Å². The van der Waals surface area contributed by atoms with Crippen molar-refractivity contribution in [1.29, 1.82) is 0 Å². The number of ketones is 2. The normalized spacial score (nSPS) is 12.2. The number of rotatable bonds is 12. The maximum atomic E-state index is 15.6. The molecule has 1 aliphatic rings. The fourth-order valence-electron chi connectivity index (χ4n) is 7.12. The van der Waals surface area contributed by atoms with Gasteiger partial charge in [-0.1, -0.05) is 70.8 Å². The Morgan fingerprint density at radius 2 is 0.456 bits per heavy atom. The Morgan fingerprint density at radius 1 is 0.309 bits per heavy atom. The third kappa shape index (κ3) is 12.4. The summed E-state index contributed by atoms with van der Waals surface area (Å²) >= 11 is 0. The molecule has 0 aliphatic heterocycles. The molecule has 68 heavy (non-hydrogen) atoms. The fraction of sp³-hybridized carbons (Fsp3) is 0.0952. The second-order valence-electron chi connectivity index (χ2n) is 14.8. The van der Waals surface area contributed by atoms with Gasteiger partial charge < -0.3 is 39.5 Å². The van der Waals surface area contributed by atoms with Crippen LogP contribution in [0.2, 0.25) is 0 Å². The molecule has 0 bridgehead atoms. The van der Waals surface area contributed by atoms with Crippen molar-refractivity contribution in [3.05, 3.63) is 142 Å². The number of aryl methyl sites for hydroxylation is 4. The van der Waals surface area contributed by atoms with E-state index in [1.54, 1.807) is 27.7 Å². The molecule has 0 heterocycles. The molecule has 6 aromatic rings. The number of benzene rings is 6. The third-order valence-corrected chi connectivity index (χ3v) is 13.9. The topological polar surface area (TPSA) is 311 Å². The fourth-order valence-corrected chi connectivity index (χ4v) is 11.3. The molecule has 4 N–H and O–H groups in total. The van der Waals surface area contributed by atoms with E-state index in [2.05, 4.69) is 21.3 Å². The van der Waals surface area contributed by atoms with Crippen LogP contribution < -0.4 is 139 Å². The molecule has 6 aromatic carbocycles. The summed E-state index contributed by atoms with van der Waals surface area (Å²) < 4.78 is 161. The summed E-state index contributed by atoms with van der Waals surface area (Å²) in [5.74, 6) is -3.24. The first-order valence-corrected chi connectivity index (χ1v) is 24.1. The molecule has 0 atom stereocenters. The average Bonchev–Trinajstić information content (AvgIpc) is 3.18. The Morgan fingerprint density at radius 3 is 0.588 bits per heavy atom. The van der Waals surface area contributed by atoms with Crippen LogP contribution >= 0.6 is 0 Å². The van der Waals surface area contributed by atoms with Crippen molar-refractivity contribution in [2.75, 3.05) is 21.3 Å². The smallest absolute Gasteiger partial charge is 0.744 e. The van der Waals surface area contributed by atoms with Crippen LogP contribution in [0.3, 0.4) is 0 Å². The van der Waals surface area contributed by atoms with Gasteiger partial charge in [0.1, 0.15) is 40.5 Å². The Labute approximate surface area is 481 Å². The Bertz CT molecular complexity index is 2980. The second kappa shape index (κ2) is 22.5. The Kier molecular flexibility index (Phi) is 19.8. The predicted octanol–water partition coefficient (Wildman–Crippen LogP) is -5.70. The molecule has 7 rings (SSSR count). The molecule has 1 aliphatic carbocycles. The van der Waals surface area contributed by atoms with E-state index in [0.717, 1.165) is 0 Å². The van der Waals surface area contributed by atoms with Crippen LogP contribution in [0.25, 0.3) is 0 Å². The van der Waals surface area contributed by atoms with Gasteiger partial charge in [0.15, 0.2) is 11.6 Å². The Balaban J connectivity index is 0.00000306. The number of hydrogen-bond donors (Lipinski definition) is 4. The van der Waals surface area contributed by atoms with Gasteiger partial charge in [0, 0.05) is 22.7 Å². The minimum absolute atomic E-state index is 0. The summed E-state index contributed by atoms with van der Waals surface area (Å²) in [5.41, 5.74) is -7.48. The number of anilines is 8. The summed E-state index contributed by atoms with van der Waals surface area (Å²) in [6.07, 6.45) is 0. The predicted molar refractivity (Wildman–Crippen MR) is 229 cm³/mol. The van der Waals surface area contributed by atoms with Gasteiger partial charge in [0.25, 0.3) is 0 Å². The van der Waals surface area contributed by atoms with Crippen molar-refractivity contribution in [3.63, 3.8) is 0 Å². The molecule has 0 amide bonds. The summed E-state index contributed by atoms with van der Waals surface area (Å²) in [6.45, 7) is 6.65. The molecule has 0 spiro atoms. The molecular formula is C42H32N4Na4O14S4. The zero-order valence-corrected chi connectivity index (χ0v) is 48.9. The van der Waals surface area contributed by atoms with Gasteiger partial charge >= 0.3 is 118 Å². The molecule has 0 fully saturated rings.